The van der Waals surface area contributed by atoms with Crippen LogP contribution in [0.1, 0.15) is 15.9 Å². The van der Waals surface area contributed by atoms with E-state index in [-0.39, 0.29) is 10.8 Å². The molecule has 3 rings (SSSR count). The SMILES string of the molecule is NC(=O)c1ccc(OCc2cccc(-c3ccc(OC(F)F)c(Cl)c3)c2)cc1. The number of benzene rings is 3. The van der Waals surface area contributed by atoms with Gasteiger partial charge in [0.05, 0.1) is 5.02 Å². The molecule has 0 heterocycles. The van der Waals surface area contributed by atoms with E-state index in [9.17, 15) is 13.6 Å². The van der Waals surface area contributed by atoms with Gasteiger partial charge in [-0.15, -0.1) is 0 Å². The van der Waals surface area contributed by atoms with Crippen molar-refractivity contribution in [2.24, 2.45) is 5.73 Å². The third kappa shape index (κ3) is 4.98. The number of hydrogen-bond donors (Lipinski definition) is 1. The van der Waals surface area contributed by atoms with Gasteiger partial charge in [-0.1, -0.05) is 35.9 Å². The van der Waals surface area contributed by atoms with Crippen LogP contribution in [-0.2, 0) is 6.61 Å². The summed E-state index contributed by atoms with van der Waals surface area (Å²) < 4.78 is 34.8. The van der Waals surface area contributed by atoms with Crippen LogP contribution in [0.4, 0.5) is 8.78 Å². The molecule has 0 fully saturated rings. The van der Waals surface area contributed by atoms with E-state index < -0.39 is 12.5 Å². The molecule has 7 heteroatoms. The van der Waals surface area contributed by atoms with Gasteiger partial charge in [0.1, 0.15) is 18.1 Å². The molecule has 3 aromatic carbocycles. The molecule has 0 bridgehead atoms. The highest BCUT2D eigenvalue weighted by Gasteiger charge is 2.10. The Labute approximate surface area is 165 Å². The van der Waals surface area contributed by atoms with Crippen LogP contribution in [-0.4, -0.2) is 12.5 Å². The molecule has 28 heavy (non-hydrogen) atoms. The lowest BCUT2D eigenvalue weighted by atomic mass is 10.0. The number of carbonyl (C=O) groups excluding carboxylic acids is 1. The summed E-state index contributed by atoms with van der Waals surface area (Å²) in [4.78, 5) is 11.1. The van der Waals surface area contributed by atoms with Gasteiger partial charge in [0, 0.05) is 5.56 Å². The molecule has 1 amide bonds. The van der Waals surface area contributed by atoms with Crippen molar-refractivity contribution in [2.75, 3.05) is 0 Å². The van der Waals surface area contributed by atoms with Crippen LogP contribution in [0.2, 0.25) is 5.02 Å². The lowest BCUT2D eigenvalue weighted by Gasteiger charge is -2.10. The summed E-state index contributed by atoms with van der Waals surface area (Å²) in [6.07, 6.45) is 0. The largest absolute Gasteiger partial charge is 0.489 e. The second-order valence-electron chi connectivity index (χ2n) is 5.90. The van der Waals surface area contributed by atoms with E-state index in [2.05, 4.69) is 4.74 Å². The molecule has 0 atom stereocenters. The second kappa shape index (κ2) is 8.71. The number of amides is 1. The van der Waals surface area contributed by atoms with Gasteiger partial charge in [-0.25, -0.2) is 0 Å². The van der Waals surface area contributed by atoms with Crippen LogP contribution in [0.5, 0.6) is 11.5 Å². The maximum Gasteiger partial charge on any atom is 0.387 e. The van der Waals surface area contributed by atoms with Gasteiger partial charge in [-0.3, -0.25) is 4.79 Å². The molecule has 2 N–H and O–H groups in total. The summed E-state index contributed by atoms with van der Waals surface area (Å²) in [6.45, 7) is -2.62. The number of rotatable bonds is 7. The normalized spacial score (nSPS) is 10.7. The molecule has 0 spiro atoms. The van der Waals surface area contributed by atoms with Crippen LogP contribution >= 0.6 is 11.6 Å². The van der Waals surface area contributed by atoms with Gasteiger partial charge in [0.25, 0.3) is 0 Å². The summed E-state index contributed by atoms with van der Waals surface area (Å²) in [5.41, 5.74) is 8.14. The number of ether oxygens (including phenoxy) is 2. The number of hydrogen-bond acceptors (Lipinski definition) is 3. The summed E-state index contributed by atoms with van der Waals surface area (Å²) in [7, 11) is 0. The van der Waals surface area contributed by atoms with Gasteiger partial charge >= 0.3 is 6.61 Å². The number of halogens is 3. The van der Waals surface area contributed by atoms with Crippen molar-refractivity contribution in [1.29, 1.82) is 0 Å². The fourth-order valence-electron chi connectivity index (χ4n) is 2.59. The molecule has 3 aromatic rings. The van der Waals surface area contributed by atoms with Gasteiger partial charge in [-0.05, 0) is 59.2 Å². The van der Waals surface area contributed by atoms with Crippen LogP contribution in [0.25, 0.3) is 11.1 Å². The lowest BCUT2D eigenvalue weighted by Crippen LogP contribution is -2.10. The average Bonchev–Trinajstić information content (AvgIpc) is 2.68. The number of primary amides is 1. The average molecular weight is 404 g/mol. The van der Waals surface area contributed by atoms with Gasteiger partial charge in [0.15, 0.2) is 0 Å². The Bertz CT molecular complexity index is 978. The maximum absolute atomic E-state index is 12.3. The minimum absolute atomic E-state index is 0.0701. The van der Waals surface area contributed by atoms with Crippen molar-refractivity contribution in [3.63, 3.8) is 0 Å². The molecule has 0 saturated carbocycles. The summed E-state index contributed by atoms with van der Waals surface area (Å²) >= 11 is 6.02. The van der Waals surface area contributed by atoms with E-state index in [1.807, 2.05) is 24.3 Å². The fraction of sp³-hybridized carbons (Fsp3) is 0.0952. The Morgan fingerprint density at radius 1 is 1.00 bits per heavy atom. The van der Waals surface area contributed by atoms with Crippen LogP contribution < -0.4 is 15.2 Å². The second-order valence-corrected chi connectivity index (χ2v) is 6.31. The highest BCUT2D eigenvalue weighted by Crippen LogP contribution is 2.31. The Balaban J connectivity index is 1.71. The number of carbonyl (C=O) groups is 1. The van der Waals surface area contributed by atoms with Gasteiger partial charge in [-0.2, -0.15) is 8.78 Å². The molecule has 0 aromatic heterocycles. The first kappa shape index (κ1) is 19.6. The molecule has 0 radical (unpaired) electrons. The smallest absolute Gasteiger partial charge is 0.387 e. The van der Waals surface area contributed by atoms with Crippen molar-refractivity contribution < 1.29 is 23.0 Å². The summed E-state index contributed by atoms with van der Waals surface area (Å²) in [5, 5.41) is 0.106. The molecular formula is C21H16ClF2NO3. The molecule has 0 saturated heterocycles. The van der Waals surface area contributed by atoms with E-state index in [1.165, 1.54) is 6.07 Å². The minimum atomic E-state index is -2.93. The first-order chi connectivity index (χ1) is 13.4. The molecule has 0 aliphatic heterocycles. The monoisotopic (exact) mass is 403 g/mol. The maximum atomic E-state index is 12.3. The molecule has 0 aliphatic carbocycles. The Morgan fingerprint density at radius 2 is 1.71 bits per heavy atom. The van der Waals surface area contributed by atoms with Crippen molar-refractivity contribution in [2.45, 2.75) is 13.2 Å². The highest BCUT2D eigenvalue weighted by atomic mass is 35.5. The van der Waals surface area contributed by atoms with E-state index >= 15 is 0 Å². The van der Waals surface area contributed by atoms with Crippen molar-refractivity contribution in [3.8, 4) is 22.6 Å². The lowest BCUT2D eigenvalue weighted by molar-refractivity contribution is -0.0497. The first-order valence-electron chi connectivity index (χ1n) is 8.29. The van der Waals surface area contributed by atoms with Crippen LogP contribution in [0.3, 0.4) is 0 Å². The summed E-state index contributed by atoms with van der Waals surface area (Å²) in [6, 6.07) is 18.7. The third-order valence-corrected chi connectivity index (χ3v) is 4.25. The number of alkyl halides is 2. The predicted octanol–water partition coefficient (Wildman–Crippen LogP) is 5.29. The minimum Gasteiger partial charge on any atom is -0.489 e. The molecular weight excluding hydrogens is 388 g/mol. The van der Waals surface area contributed by atoms with E-state index in [1.54, 1.807) is 36.4 Å². The van der Waals surface area contributed by atoms with E-state index in [0.29, 0.717) is 17.9 Å². The van der Waals surface area contributed by atoms with E-state index in [0.717, 1.165) is 16.7 Å². The zero-order valence-corrected chi connectivity index (χ0v) is 15.3. The molecule has 0 unspecified atom stereocenters. The Morgan fingerprint density at radius 3 is 2.36 bits per heavy atom. The van der Waals surface area contributed by atoms with Crippen LogP contribution in [0, 0.1) is 0 Å². The zero-order valence-electron chi connectivity index (χ0n) is 14.6. The third-order valence-electron chi connectivity index (χ3n) is 3.95. The zero-order chi connectivity index (χ0) is 20.1. The van der Waals surface area contributed by atoms with E-state index in [4.69, 9.17) is 22.1 Å². The Hall–Kier alpha value is -3.12. The molecule has 144 valence electrons. The number of nitrogens with two attached hydrogens (primary N) is 1. The summed E-state index contributed by atoms with van der Waals surface area (Å²) in [5.74, 6) is 0.0362. The quantitative estimate of drug-likeness (QED) is 0.583. The van der Waals surface area contributed by atoms with Crippen molar-refractivity contribution >= 4 is 17.5 Å². The Kier molecular flexibility index (Phi) is 6.11. The standard InChI is InChI=1S/C21H16ClF2NO3/c22-18-11-16(6-9-19(18)28-21(23)24)15-3-1-2-13(10-15)12-27-17-7-4-14(5-8-17)20(25)26/h1-11,21H,12H2,(H2,25,26). The van der Waals surface area contributed by atoms with Crippen LogP contribution in [0.15, 0.2) is 66.7 Å². The molecule has 4 nitrogen and oxygen atoms in total. The van der Waals surface area contributed by atoms with Crippen molar-refractivity contribution in [3.05, 3.63) is 82.9 Å². The topological polar surface area (TPSA) is 61.6 Å². The van der Waals surface area contributed by atoms with Gasteiger partial charge < -0.3 is 15.2 Å². The first-order valence-corrected chi connectivity index (χ1v) is 8.66. The van der Waals surface area contributed by atoms with Gasteiger partial charge in [0.2, 0.25) is 5.91 Å². The predicted molar refractivity (Wildman–Crippen MR) is 103 cm³/mol. The van der Waals surface area contributed by atoms with Crippen molar-refractivity contribution in [1.82, 2.24) is 0 Å². The highest BCUT2D eigenvalue weighted by molar-refractivity contribution is 6.32. The fourth-order valence-corrected chi connectivity index (χ4v) is 2.82. The molecule has 0 aliphatic rings.